The Balaban J connectivity index is 3.07. The van der Waals surface area contributed by atoms with Gasteiger partial charge in [0.25, 0.3) is 0 Å². The van der Waals surface area contributed by atoms with Gasteiger partial charge in [-0.2, -0.15) is 0 Å². The van der Waals surface area contributed by atoms with Crippen LogP contribution in [0, 0.1) is 5.92 Å². The number of hydrogen-bond acceptors (Lipinski definition) is 1. The third-order valence-corrected chi connectivity index (χ3v) is 1.46. The molecule has 0 unspecified atom stereocenters. The molecule has 0 saturated carbocycles. The molecule has 0 saturated heterocycles. The molecule has 0 aromatic heterocycles. The number of aldehydes is 1. The molecule has 0 rings (SSSR count). The van der Waals surface area contributed by atoms with Crippen LogP contribution in [0.1, 0.15) is 39.5 Å². The van der Waals surface area contributed by atoms with Crippen molar-refractivity contribution in [2.75, 3.05) is 0 Å². The predicted molar refractivity (Wildman–Crippen MR) is 48.5 cm³/mol. The lowest BCUT2D eigenvalue weighted by Gasteiger charge is -1.93. The molecule has 0 heterocycles. The fourth-order valence-electron chi connectivity index (χ4n) is 0.858. The summed E-state index contributed by atoms with van der Waals surface area (Å²) in [6.45, 7) is 4.34. The molecule has 0 spiro atoms. The van der Waals surface area contributed by atoms with Gasteiger partial charge in [0.15, 0.2) is 0 Å². The summed E-state index contributed by atoms with van der Waals surface area (Å²) < 4.78 is 0. The second-order valence-electron chi connectivity index (χ2n) is 3.12. The number of allylic oxidation sites excluding steroid dienone is 2. The van der Waals surface area contributed by atoms with Crippen molar-refractivity contribution in [2.24, 2.45) is 5.92 Å². The van der Waals surface area contributed by atoms with Gasteiger partial charge in [-0.3, -0.25) is 0 Å². The minimum atomic E-state index is 0.654. The zero-order valence-corrected chi connectivity index (χ0v) is 7.55. The minimum Gasteiger partial charge on any atom is -0.303 e. The van der Waals surface area contributed by atoms with E-state index in [0.29, 0.717) is 5.92 Å². The van der Waals surface area contributed by atoms with E-state index in [-0.39, 0.29) is 0 Å². The monoisotopic (exact) mass is 154 g/mol. The van der Waals surface area contributed by atoms with Gasteiger partial charge >= 0.3 is 0 Å². The molecule has 0 aromatic carbocycles. The zero-order chi connectivity index (χ0) is 8.53. The van der Waals surface area contributed by atoms with Crippen molar-refractivity contribution < 1.29 is 4.79 Å². The van der Waals surface area contributed by atoms with Crippen LogP contribution in [-0.4, -0.2) is 6.29 Å². The highest BCUT2D eigenvalue weighted by atomic mass is 16.1. The van der Waals surface area contributed by atoms with Crippen LogP contribution in [-0.2, 0) is 4.79 Å². The topological polar surface area (TPSA) is 17.1 Å². The number of hydrogen-bond donors (Lipinski definition) is 0. The number of carbonyl (C=O) groups is 1. The van der Waals surface area contributed by atoms with E-state index in [2.05, 4.69) is 26.0 Å². The molecular weight excluding hydrogens is 136 g/mol. The van der Waals surface area contributed by atoms with Gasteiger partial charge < -0.3 is 4.79 Å². The Hall–Kier alpha value is -0.590. The molecule has 0 N–H and O–H groups in total. The maximum absolute atomic E-state index is 9.93. The molecule has 0 bridgehead atoms. The molecular formula is C10H18O. The summed E-state index contributed by atoms with van der Waals surface area (Å²) in [5.41, 5.74) is 0. The maximum atomic E-state index is 9.93. The molecule has 0 amide bonds. The van der Waals surface area contributed by atoms with Crippen molar-refractivity contribution in [2.45, 2.75) is 39.5 Å². The van der Waals surface area contributed by atoms with Crippen LogP contribution in [0.25, 0.3) is 0 Å². The summed E-state index contributed by atoms with van der Waals surface area (Å²) in [6, 6.07) is 0. The predicted octanol–water partition coefficient (Wildman–Crippen LogP) is 2.96. The van der Waals surface area contributed by atoms with Gasteiger partial charge in [0.2, 0.25) is 0 Å². The first-order valence-corrected chi connectivity index (χ1v) is 4.37. The van der Waals surface area contributed by atoms with E-state index in [4.69, 9.17) is 0 Å². The third-order valence-electron chi connectivity index (χ3n) is 1.46. The Bertz CT molecular complexity index is 114. The summed E-state index contributed by atoms with van der Waals surface area (Å²) in [5, 5.41) is 0. The normalized spacial score (nSPS) is 11.2. The fourth-order valence-corrected chi connectivity index (χ4v) is 0.858. The van der Waals surface area contributed by atoms with Crippen LogP contribution in [0.3, 0.4) is 0 Å². The van der Waals surface area contributed by atoms with Crippen LogP contribution in [0.15, 0.2) is 12.2 Å². The lowest BCUT2D eigenvalue weighted by molar-refractivity contribution is -0.107. The highest BCUT2D eigenvalue weighted by Crippen LogP contribution is 2.01. The maximum Gasteiger partial charge on any atom is 0.119 e. The second-order valence-corrected chi connectivity index (χ2v) is 3.12. The van der Waals surface area contributed by atoms with Crippen LogP contribution >= 0.6 is 0 Å². The van der Waals surface area contributed by atoms with Crippen LogP contribution in [0.2, 0.25) is 0 Å². The largest absolute Gasteiger partial charge is 0.303 e. The smallest absolute Gasteiger partial charge is 0.119 e. The highest BCUT2D eigenvalue weighted by molar-refractivity contribution is 5.48. The minimum absolute atomic E-state index is 0.654. The molecule has 0 aliphatic heterocycles. The number of carbonyl (C=O) groups excluding carboxylic acids is 1. The van der Waals surface area contributed by atoms with Gasteiger partial charge in [-0.1, -0.05) is 26.0 Å². The summed E-state index contributed by atoms with van der Waals surface area (Å²) in [5.74, 6) is 0.654. The number of unbranched alkanes of at least 4 members (excludes halogenated alkanes) is 3. The Morgan fingerprint density at radius 1 is 1.18 bits per heavy atom. The summed E-state index contributed by atoms with van der Waals surface area (Å²) >= 11 is 0. The van der Waals surface area contributed by atoms with Gasteiger partial charge in [0, 0.05) is 6.42 Å². The first-order chi connectivity index (χ1) is 5.27. The zero-order valence-electron chi connectivity index (χ0n) is 7.55. The highest BCUT2D eigenvalue weighted by Gasteiger charge is 1.85. The first kappa shape index (κ1) is 10.4. The molecule has 64 valence electrons. The second kappa shape index (κ2) is 7.52. The fraction of sp³-hybridized carbons (Fsp3) is 0.700. The summed E-state index contributed by atoms with van der Waals surface area (Å²) in [6.07, 6.45) is 9.41. The van der Waals surface area contributed by atoms with E-state index >= 15 is 0 Å². The molecule has 0 atom stereocenters. The lowest BCUT2D eigenvalue weighted by Crippen LogP contribution is -1.79. The standard InChI is InChI=1S/C10H18O/c1-10(2)8-6-4-3-5-7-9-11/h6,8-10H,3-5,7H2,1-2H3/b8-6-. The van der Waals surface area contributed by atoms with Gasteiger partial charge in [0.05, 0.1) is 0 Å². The van der Waals surface area contributed by atoms with Crippen molar-refractivity contribution in [3.05, 3.63) is 12.2 Å². The van der Waals surface area contributed by atoms with Crippen molar-refractivity contribution in [1.29, 1.82) is 0 Å². The van der Waals surface area contributed by atoms with E-state index in [1.807, 2.05) is 0 Å². The van der Waals surface area contributed by atoms with Crippen molar-refractivity contribution in [1.82, 2.24) is 0 Å². The molecule has 0 fully saturated rings. The first-order valence-electron chi connectivity index (χ1n) is 4.37. The molecule has 0 aliphatic carbocycles. The molecule has 0 radical (unpaired) electrons. The summed E-state index contributed by atoms with van der Waals surface area (Å²) in [7, 11) is 0. The van der Waals surface area contributed by atoms with Crippen molar-refractivity contribution >= 4 is 6.29 Å². The van der Waals surface area contributed by atoms with Gasteiger partial charge in [0.1, 0.15) is 6.29 Å². The van der Waals surface area contributed by atoms with E-state index in [1.165, 1.54) is 0 Å². The summed E-state index contributed by atoms with van der Waals surface area (Å²) in [4.78, 5) is 9.93. The number of rotatable bonds is 6. The van der Waals surface area contributed by atoms with Crippen molar-refractivity contribution in [3.63, 3.8) is 0 Å². The van der Waals surface area contributed by atoms with Crippen LogP contribution < -0.4 is 0 Å². The molecule has 0 aliphatic rings. The van der Waals surface area contributed by atoms with E-state index in [0.717, 1.165) is 32.0 Å². The van der Waals surface area contributed by atoms with E-state index < -0.39 is 0 Å². The Morgan fingerprint density at radius 3 is 2.36 bits per heavy atom. The van der Waals surface area contributed by atoms with Crippen molar-refractivity contribution in [3.8, 4) is 0 Å². The third kappa shape index (κ3) is 9.41. The van der Waals surface area contributed by atoms with Crippen LogP contribution in [0.5, 0.6) is 0 Å². The Labute approximate surface area is 69.5 Å². The van der Waals surface area contributed by atoms with Gasteiger partial charge in [-0.25, -0.2) is 0 Å². The Kier molecular flexibility index (Phi) is 7.11. The molecule has 1 heteroatoms. The average molecular weight is 154 g/mol. The quantitative estimate of drug-likeness (QED) is 0.326. The van der Waals surface area contributed by atoms with Gasteiger partial charge in [-0.15, -0.1) is 0 Å². The van der Waals surface area contributed by atoms with E-state index in [1.54, 1.807) is 0 Å². The SMILES string of the molecule is CC(C)/C=C\CCCCC=O. The Morgan fingerprint density at radius 2 is 1.82 bits per heavy atom. The average Bonchev–Trinajstić information content (AvgIpc) is 1.96. The van der Waals surface area contributed by atoms with Crippen LogP contribution in [0.4, 0.5) is 0 Å². The molecule has 1 nitrogen and oxygen atoms in total. The van der Waals surface area contributed by atoms with Gasteiger partial charge in [-0.05, 0) is 25.2 Å². The molecule has 0 aromatic rings. The van der Waals surface area contributed by atoms with E-state index in [9.17, 15) is 4.79 Å². The lowest BCUT2D eigenvalue weighted by atomic mass is 10.1. The molecule has 11 heavy (non-hydrogen) atoms.